The molecule has 0 radical (unpaired) electrons. The summed E-state index contributed by atoms with van der Waals surface area (Å²) in [6.07, 6.45) is 1.83. The van der Waals surface area contributed by atoms with Crippen molar-refractivity contribution in [2.75, 3.05) is 6.54 Å². The first-order valence-electron chi connectivity index (χ1n) is 6.25. The van der Waals surface area contributed by atoms with Crippen LogP contribution in [0, 0.1) is 14.9 Å². The number of hydrogen-bond acceptors (Lipinski definition) is 3. The summed E-state index contributed by atoms with van der Waals surface area (Å²) in [7, 11) is 0. The van der Waals surface area contributed by atoms with Crippen LogP contribution in [0.1, 0.15) is 22.5 Å². The van der Waals surface area contributed by atoms with Gasteiger partial charge in [-0.3, -0.25) is 4.79 Å². The zero-order valence-corrected chi connectivity index (χ0v) is 14.0. The molecular weight excluding hydrogens is 403 g/mol. The lowest BCUT2D eigenvalue weighted by Gasteiger charge is -2.20. The Bertz CT molecular complexity index is 665. The van der Waals surface area contributed by atoms with E-state index in [1.165, 1.54) is 0 Å². The van der Waals surface area contributed by atoms with Gasteiger partial charge in [0.2, 0.25) is 0 Å². The van der Waals surface area contributed by atoms with Gasteiger partial charge in [-0.15, -0.1) is 0 Å². The summed E-state index contributed by atoms with van der Waals surface area (Å²) in [6.45, 7) is 0.677. The number of nitrogens with zero attached hydrogens (tertiary/aromatic N) is 2. The first-order valence-corrected chi connectivity index (χ1v) is 7.71. The highest BCUT2D eigenvalue weighted by atomic mass is 127. The lowest BCUT2D eigenvalue weighted by Crippen LogP contribution is -2.31. The fourth-order valence-corrected chi connectivity index (χ4v) is 2.36. The van der Waals surface area contributed by atoms with Crippen LogP contribution in [0.15, 0.2) is 41.0 Å². The van der Waals surface area contributed by atoms with Crippen molar-refractivity contribution in [2.45, 2.75) is 13.0 Å². The standard InChI is InChI=1S/C15H12ClIN2O2/c16-13-9-11(4-5-14(13)17)15(20)19(7-2-6-18)10-12-3-1-8-21-12/h1,3-5,8-9H,2,7,10H2. The van der Waals surface area contributed by atoms with Crippen LogP contribution in [0.25, 0.3) is 0 Å². The van der Waals surface area contributed by atoms with Crippen molar-refractivity contribution in [3.8, 4) is 6.07 Å². The summed E-state index contributed by atoms with van der Waals surface area (Å²) >= 11 is 8.17. The number of halogens is 2. The molecule has 2 rings (SSSR count). The molecule has 21 heavy (non-hydrogen) atoms. The molecule has 0 aliphatic carbocycles. The minimum atomic E-state index is -0.167. The maximum absolute atomic E-state index is 12.6. The molecule has 0 aliphatic heterocycles. The number of carbonyl (C=O) groups excluding carboxylic acids is 1. The average Bonchev–Trinajstić information content (AvgIpc) is 2.98. The SMILES string of the molecule is N#CCCN(Cc1ccco1)C(=O)c1ccc(I)c(Cl)c1. The first-order chi connectivity index (χ1) is 10.1. The lowest BCUT2D eigenvalue weighted by molar-refractivity contribution is 0.0735. The number of amides is 1. The highest BCUT2D eigenvalue weighted by Gasteiger charge is 2.17. The van der Waals surface area contributed by atoms with E-state index in [9.17, 15) is 4.79 Å². The highest BCUT2D eigenvalue weighted by molar-refractivity contribution is 14.1. The highest BCUT2D eigenvalue weighted by Crippen LogP contribution is 2.21. The Kier molecular flexibility index (Phi) is 5.65. The van der Waals surface area contributed by atoms with E-state index >= 15 is 0 Å². The Balaban J connectivity index is 2.20. The number of hydrogen-bond donors (Lipinski definition) is 0. The molecule has 108 valence electrons. The second-order valence-electron chi connectivity index (χ2n) is 4.34. The fourth-order valence-electron chi connectivity index (χ4n) is 1.84. The molecule has 0 unspecified atom stereocenters. The van der Waals surface area contributed by atoms with Crippen LogP contribution in [0.2, 0.25) is 5.02 Å². The Labute approximate surface area is 141 Å². The second-order valence-corrected chi connectivity index (χ2v) is 5.91. The largest absolute Gasteiger partial charge is 0.467 e. The van der Waals surface area contributed by atoms with E-state index in [1.807, 2.05) is 0 Å². The minimum Gasteiger partial charge on any atom is -0.467 e. The maximum atomic E-state index is 12.6. The quantitative estimate of drug-likeness (QED) is 0.692. The zero-order valence-electron chi connectivity index (χ0n) is 11.1. The molecule has 1 amide bonds. The van der Waals surface area contributed by atoms with Crippen molar-refractivity contribution >= 4 is 40.1 Å². The number of benzene rings is 1. The van der Waals surface area contributed by atoms with Crippen LogP contribution in [-0.4, -0.2) is 17.4 Å². The maximum Gasteiger partial charge on any atom is 0.254 e. The molecule has 2 aromatic rings. The molecule has 1 aromatic carbocycles. The summed E-state index contributed by atoms with van der Waals surface area (Å²) in [4.78, 5) is 14.1. The van der Waals surface area contributed by atoms with E-state index in [-0.39, 0.29) is 12.3 Å². The van der Waals surface area contributed by atoms with Gasteiger partial charge in [0.05, 0.1) is 30.3 Å². The van der Waals surface area contributed by atoms with E-state index in [0.29, 0.717) is 29.4 Å². The Morgan fingerprint density at radius 2 is 2.24 bits per heavy atom. The van der Waals surface area contributed by atoms with E-state index in [0.717, 1.165) is 3.57 Å². The molecule has 4 nitrogen and oxygen atoms in total. The molecule has 6 heteroatoms. The molecule has 0 saturated carbocycles. The third-order valence-electron chi connectivity index (χ3n) is 2.87. The molecule has 0 aliphatic rings. The van der Waals surface area contributed by atoms with Crippen molar-refractivity contribution in [3.05, 3.63) is 56.5 Å². The normalized spacial score (nSPS) is 10.1. The number of furan rings is 1. The molecule has 0 bridgehead atoms. The molecule has 0 atom stereocenters. The second kappa shape index (κ2) is 7.48. The van der Waals surface area contributed by atoms with Gasteiger partial charge in [0, 0.05) is 15.7 Å². The summed E-state index contributed by atoms with van der Waals surface area (Å²) in [5, 5.41) is 9.28. The number of rotatable bonds is 5. The van der Waals surface area contributed by atoms with Crippen molar-refractivity contribution in [2.24, 2.45) is 0 Å². The van der Waals surface area contributed by atoms with Gasteiger partial charge in [-0.05, 0) is 52.9 Å². The van der Waals surface area contributed by atoms with Crippen LogP contribution >= 0.6 is 34.2 Å². The third-order valence-corrected chi connectivity index (χ3v) is 4.45. The van der Waals surface area contributed by atoms with Crippen LogP contribution in [0.5, 0.6) is 0 Å². The summed E-state index contributed by atoms with van der Waals surface area (Å²) in [5.41, 5.74) is 0.505. The van der Waals surface area contributed by atoms with E-state index < -0.39 is 0 Å². The van der Waals surface area contributed by atoms with E-state index in [1.54, 1.807) is 41.5 Å². The van der Waals surface area contributed by atoms with Gasteiger partial charge >= 0.3 is 0 Å². The molecule has 0 saturated heterocycles. The van der Waals surface area contributed by atoms with Gasteiger partial charge in [0.15, 0.2) is 0 Å². The number of nitriles is 1. The molecule has 1 aromatic heterocycles. The van der Waals surface area contributed by atoms with Gasteiger partial charge < -0.3 is 9.32 Å². The van der Waals surface area contributed by atoms with Crippen molar-refractivity contribution < 1.29 is 9.21 Å². The molecule has 1 heterocycles. The van der Waals surface area contributed by atoms with Gasteiger partial charge in [0.1, 0.15) is 5.76 Å². The third kappa shape index (κ3) is 4.22. The van der Waals surface area contributed by atoms with E-state index in [2.05, 4.69) is 28.7 Å². The first kappa shape index (κ1) is 15.9. The lowest BCUT2D eigenvalue weighted by atomic mass is 10.2. The van der Waals surface area contributed by atoms with Crippen LogP contribution < -0.4 is 0 Å². The Hall–Kier alpha value is -1.52. The average molecular weight is 415 g/mol. The predicted octanol–water partition coefficient (Wildman–Crippen LogP) is 4.09. The summed E-state index contributed by atoms with van der Waals surface area (Å²) in [6, 6.07) is 10.8. The summed E-state index contributed by atoms with van der Waals surface area (Å²) in [5.74, 6) is 0.512. The number of carbonyl (C=O) groups is 1. The van der Waals surface area contributed by atoms with Gasteiger partial charge in [0.25, 0.3) is 5.91 Å². The zero-order chi connectivity index (χ0) is 15.2. The molecule has 0 spiro atoms. The Morgan fingerprint density at radius 3 is 2.86 bits per heavy atom. The predicted molar refractivity (Wildman–Crippen MR) is 87.8 cm³/mol. The molecule has 0 N–H and O–H groups in total. The van der Waals surface area contributed by atoms with Crippen molar-refractivity contribution in [1.82, 2.24) is 4.90 Å². The fraction of sp³-hybridized carbons (Fsp3) is 0.200. The van der Waals surface area contributed by atoms with Crippen LogP contribution in [-0.2, 0) is 6.54 Å². The monoisotopic (exact) mass is 414 g/mol. The minimum absolute atomic E-state index is 0.167. The summed E-state index contributed by atoms with van der Waals surface area (Å²) < 4.78 is 6.16. The molecule has 0 fully saturated rings. The smallest absolute Gasteiger partial charge is 0.254 e. The van der Waals surface area contributed by atoms with Crippen molar-refractivity contribution in [3.63, 3.8) is 0 Å². The van der Waals surface area contributed by atoms with Crippen LogP contribution in [0.4, 0.5) is 0 Å². The Morgan fingerprint density at radius 1 is 1.43 bits per heavy atom. The van der Waals surface area contributed by atoms with Crippen molar-refractivity contribution in [1.29, 1.82) is 5.26 Å². The van der Waals surface area contributed by atoms with Gasteiger partial charge in [-0.1, -0.05) is 11.6 Å². The van der Waals surface area contributed by atoms with Crippen LogP contribution in [0.3, 0.4) is 0 Å². The topological polar surface area (TPSA) is 57.2 Å². The molecular formula is C15H12ClIN2O2. The van der Waals surface area contributed by atoms with Gasteiger partial charge in [-0.2, -0.15) is 5.26 Å². The van der Waals surface area contributed by atoms with E-state index in [4.69, 9.17) is 21.3 Å². The van der Waals surface area contributed by atoms with Gasteiger partial charge in [-0.25, -0.2) is 0 Å².